The molecule has 0 aliphatic carbocycles. The molecule has 2 aromatic carbocycles. The molecule has 4 N–H and O–H groups in total. The molecule has 0 saturated heterocycles. The molecule has 0 saturated carbocycles. The van der Waals surface area contributed by atoms with Crippen molar-refractivity contribution < 1.29 is 9.59 Å². The second-order valence-corrected chi connectivity index (χ2v) is 6.98. The van der Waals surface area contributed by atoms with Crippen LogP contribution in [0.5, 0.6) is 0 Å². The summed E-state index contributed by atoms with van der Waals surface area (Å²) >= 11 is 0. The number of hydrogen-bond acceptors (Lipinski definition) is 3. The number of carbonyl (C=O) groups is 2. The number of nitrogens with two attached hydrogens (primary N) is 1. The lowest BCUT2D eigenvalue weighted by Gasteiger charge is -2.09. The summed E-state index contributed by atoms with van der Waals surface area (Å²) in [4.78, 5) is 24.0. The summed E-state index contributed by atoms with van der Waals surface area (Å²) in [6.07, 6.45) is 2.94. The van der Waals surface area contributed by atoms with E-state index < -0.39 is 0 Å². The van der Waals surface area contributed by atoms with Crippen LogP contribution in [0.2, 0.25) is 0 Å². The van der Waals surface area contributed by atoms with Gasteiger partial charge in [-0.15, -0.1) is 0 Å². The Morgan fingerprint density at radius 1 is 0.963 bits per heavy atom. The highest BCUT2D eigenvalue weighted by Crippen LogP contribution is 2.17. The Bertz CT molecular complexity index is 754. The summed E-state index contributed by atoms with van der Waals surface area (Å²) in [6, 6.07) is 14.9. The SMILES string of the molecule is CC(C)c1ccc(C(=O)NCCCCCC(=O)Nc2ccccc2N)cc1. The number of para-hydroxylation sites is 2. The highest BCUT2D eigenvalue weighted by Gasteiger charge is 2.07. The minimum absolute atomic E-state index is 0.0397. The van der Waals surface area contributed by atoms with Gasteiger partial charge in [0.15, 0.2) is 0 Å². The number of amides is 2. The van der Waals surface area contributed by atoms with Crippen molar-refractivity contribution in [2.24, 2.45) is 0 Å². The molecule has 2 rings (SSSR count). The number of carbonyl (C=O) groups excluding carboxylic acids is 2. The predicted octanol–water partition coefficient (Wildman–Crippen LogP) is 4.32. The molecular formula is C22H29N3O2. The van der Waals surface area contributed by atoms with E-state index in [1.165, 1.54) is 5.56 Å². The molecule has 0 heterocycles. The van der Waals surface area contributed by atoms with Gasteiger partial charge in [-0.3, -0.25) is 9.59 Å². The molecule has 144 valence electrons. The number of unbranched alkanes of at least 4 members (excludes halogenated alkanes) is 2. The molecule has 0 bridgehead atoms. The van der Waals surface area contributed by atoms with Crippen LogP contribution in [0.1, 0.15) is 61.4 Å². The summed E-state index contributed by atoms with van der Waals surface area (Å²) < 4.78 is 0. The van der Waals surface area contributed by atoms with Gasteiger partial charge in [-0.05, 0) is 48.6 Å². The van der Waals surface area contributed by atoms with Gasteiger partial charge in [-0.1, -0.05) is 44.5 Å². The standard InChI is InChI=1S/C22H29N3O2/c1-16(2)17-11-13-18(14-12-17)22(27)24-15-7-3-4-10-21(26)25-20-9-6-5-8-19(20)23/h5-6,8-9,11-14,16H,3-4,7,10,15,23H2,1-2H3,(H,24,27)(H,25,26). The van der Waals surface area contributed by atoms with Gasteiger partial charge in [-0.25, -0.2) is 0 Å². The van der Waals surface area contributed by atoms with Gasteiger partial charge < -0.3 is 16.4 Å². The molecule has 27 heavy (non-hydrogen) atoms. The van der Waals surface area contributed by atoms with Crippen molar-refractivity contribution in [3.05, 3.63) is 59.7 Å². The van der Waals surface area contributed by atoms with Crippen LogP contribution in [0.15, 0.2) is 48.5 Å². The maximum Gasteiger partial charge on any atom is 0.251 e. The fourth-order valence-corrected chi connectivity index (χ4v) is 2.73. The molecule has 0 aliphatic heterocycles. The first-order valence-corrected chi connectivity index (χ1v) is 9.50. The van der Waals surface area contributed by atoms with E-state index >= 15 is 0 Å². The zero-order valence-electron chi connectivity index (χ0n) is 16.1. The van der Waals surface area contributed by atoms with E-state index in [9.17, 15) is 9.59 Å². The molecule has 0 spiro atoms. The number of nitrogen functional groups attached to an aromatic ring is 1. The minimum Gasteiger partial charge on any atom is -0.397 e. The van der Waals surface area contributed by atoms with Crippen LogP contribution in [-0.2, 0) is 4.79 Å². The normalized spacial score (nSPS) is 10.6. The Morgan fingerprint density at radius 3 is 2.33 bits per heavy atom. The third kappa shape index (κ3) is 6.77. The van der Waals surface area contributed by atoms with Crippen LogP contribution < -0.4 is 16.4 Å². The Morgan fingerprint density at radius 2 is 1.67 bits per heavy atom. The quantitative estimate of drug-likeness (QED) is 0.456. The molecule has 5 heteroatoms. The number of anilines is 2. The predicted molar refractivity (Wildman–Crippen MR) is 111 cm³/mol. The lowest BCUT2D eigenvalue weighted by molar-refractivity contribution is -0.116. The van der Waals surface area contributed by atoms with E-state index in [4.69, 9.17) is 5.73 Å². The Labute approximate surface area is 161 Å². The molecule has 0 aromatic heterocycles. The number of nitrogens with one attached hydrogen (secondary N) is 2. The number of hydrogen-bond donors (Lipinski definition) is 3. The highest BCUT2D eigenvalue weighted by molar-refractivity contribution is 5.94. The third-order valence-corrected chi connectivity index (χ3v) is 4.44. The smallest absolute Gasteiger partial charge is 0.251 e. The van der Waals surface area contributed by atoms with E-state index in [2.05, 4.69) is 24.5 Å². The lowest BCUT2D eigenvalue weighted by atomic mass is 10.0. The van der Waals surface area contributed by atoms with Gasteiger partial charge >= 0.3 is 0 Å². The summed E-state index contributed by atoms with van der Waals surface area (Å²) in [5.41, 5.74) is 8.93. The molecule has 0 atom stereocenters. The summed E-state index contributed by atoms with van der Waals surface area (Å²) in [5.74, 6) is 0.363. The van der Waals surface area contributed by atoms with Crippen LogP contribution in [0.25, 0.3) is 0 Å². The number of rotatable bonds is 9. The van der Waals surface area contributed by atoms with Crippen molar-refractivity contribution in [3.8, 4) is 0 Å². The van der Waals surface area contributed by atoms with E-state index in [0.717, 1.165) is 19.3 Å². The van der Waals surface area contributed by atoms with Crippen molar-refractivity contribution in [2.45, 2.75) is 45.4 Å². The Kier molecular flexibility index (Phi) is 7.86. The van der Waals surface area contributed by atoms with Crippen LogP contribution in [-0.4, -0.2) is 18.4 Å². The second-order valence-electron chi connectivity index (χ2n) is 6.98. The molecule has 2 amide bonds. The first-order valence-electron chi connectivity index (χ1n) is 9.50. The summed E-state index contributed by atoms with van der Waals surface area (Å²) in [5, 5.41) is 5.75. The monoisotopic (exact) mass is 367 g/mol. The maximum absolute atomic E-state index is 12.1. The average molecular weight is 367 g/mol. The molecule has 2 aromatic rings. The zero-order chi connectivity index (χ0) is 19.6. The Balaban J connectivity index is 1.60. The molecular weight excluding hydrogens is 338 g/mol. The first-order chi connectivity index (χ1) is 13.0. The zero-order valence-corrected chi connectivity index (χ0v) is 16.1. The summed E-state index contributed by atoms with van der Waals surface area (Å²) in [6.45, 7) is 4.87. The molecule has 0 fully saturated rings. The van der Waals surface area contributed by atoms with Crippen molar-refractivity contribution in [1.29, 1.82) is 0 Å². The molecule has 0 aliphatic rings. The van der Waals surface area contributed by atoms with Gasteiger partial charge in [0, 0.05) is 18.5 Å². The van der Waals surface area contributed by atoms with Gasteiger partial charge in [0.1, 0.15) is 0 Å². The molecule has 0 unspecified atom stereocenters. The van der Waals surface area contributed by atoms with Crippen molar-refractivity contribution >= 4 is 23.2 Å². The van der Waals surface area contributed by atoms with E-state index in [0.29, 0.717) is 35.8 Å². The van der Waals surface area contributed by atoms with E-state index in [1.807, 2.05) is 36.4 Å². The van der Waals surface area contributed by atoms with Crippen LogP contribution in [0.4, 0.5) is 11.4 Å². The van der Waals surface area contributed by atoms with Gasteiger partial charge in [0.05, 0.1) is 11.4 Å². The van der Waals surface area contributed by atoms with E-state index in [-0.39, 0.29) is 11.8 Å². The van der Waals surface area contributed by atoms with Gasteiger partial charge in [0.25, 0.3) is 5.91 Å². The third-order valence-electron chi connectivity index (χ3n) is 4.44. The Hall–Kier alpha value is -2.82. The minimum atomic E-state index is -0.0531. The van der Waals surface area contributed by atoms with Gasteiger partial charge in [0.2, 0.25) is 5.91 Å². The number of benzene rings is 2. The lowest BCUT2D eigenvalue weighted by Crippen LogP contribution is -2.24. The van der Waals surface area contributed by atoms with E-state index in [1.54, 1.807) is 12.1 Å². The van der Waals surface area contributed by atoms with Gasteiger partial charge in [-0.2, -0.15) is 0 Å². The fraction of sp³-hybridized carbons (Fsp3) is 0.364. The van der Waals surface area contributed by atoms with Crippen LogP contribution >= 0.6 is 0 Å². The second kappa shape index (κ2) is 10.4. The van der Waals surface area contributed by atoms with Crippen LogP contribution in [0.3, 0.4) is 0 Å². The van der Waals surface area contributed by atoms with Crippen molar-refractivity contribution in [3.63, 3.8) is 0 Å². The summed E-state index contributed by atoms with van der Waals surface area (Å²) in [7, 11) is 0. The van der Waals surface area contributed by atoms with Crippen LogP contribution in [0, 0.1) is 0 Å². The van der Waals surface area contributed by atoms with Crippen molar-refractivity contribution in [2.75, 3.05) is 17.6 Å². The molecule has 0 radical (unpaired) electrons. The average Bonchev–Trinajstić information content (AvgIpc) is 2.66. The topological polar surface area (TPSA) is 84.2 Å². The first kappa shape index (κ1) is 20.5. The fourth-order valence-electron chi connectivity index (χ4n) is 2.73. The largest absolute Gasteiger partial charge is 0.397 e. The highest BCUT2D eigenvalue weighted by atomic mass is 16.2. The maximum atomic E-state index is 12.1. The molecule has 5 nitrogen and oxygen atoms in total. The van der Waals surface area contributed by atoms with Crippen molar-refractivity contribution in [1.82, 2.24) is 5.32 Å².